The van der Waals surface area contributed by atoms with E-state index in [0.29, 0.717) is 6.54 Å². The summed E-state index contributed by atoms with van der Waals surface area (Å²) in [6, 6.07) is 11.3. The Morgan fingerprint density at radius 1 is 1.19 bits per heavy atom. The van der Waals surface area contributed by atoms with Crippen molar-refractivity contribution in [1.29, 1.82) is 0 Å². The highest BCUT2D eigenvalue weighted by Gasteiger charge is 2.15. The number of phenolic OH excluding ortho intramolecular Hbond substituents is 2. The molecule has 21 heavy (non-hydrogen) atoms. The van der Waals surface area contributed by atoms with Crippen LogP contribution in [0.15, 0.2) is 42.5 Å². The van der Waals surface area contributed by atoms with E-state index in [9.17, 15) is 15.0 Å². The lowest BCUT2D eigenvalue weighted by atomic mass is 10.1. The number of rotatable bonds is 4. The molecule has 5 N–H and O–H groups in total. The first-order valence-electron chi connectivity index (χ1n) is 6.63. The molecular formula is C16H18N2O3. The van der Waals surface area contributed by atoms with Crippen molar-refractivity contribution in [1.82, 2.24) is 5.32 Å². The molecule has 2 aromatic carbocycles. The lowest BCUT2D eigenvalue weighted by molar-refractivity contribution is 0.0937. The highest BCUT2D eigenvalue weighted by molar-refractivity contribution is 5.97. The Kier molecular flexibility index (Phi) is 4.45. The SMILES string of the molecule is CC(NC(=O)c1ccc(O)cc1O)c1ccc(CN)cc1. The van der Waals surface area contributed by atoms with Crippen molar-refractivity contribution in [2.75, 3.05) is 0 Å². The predicted octanol–water partition coefficient (Wildman–Crippen LogP) is 2.05. The number of carbonyl (C=O) groups excluding carboxylic acids is 1. The van der Waals surface area contributed by atoms with Crippen LogP contribution >= 0.6 is 0 Å². The van der Waals surface area contributed by atoms with E-state index in [0.717, 1.165) is 17.2 Å². The van der Waals surface area contributed by atoms with Crippen molar-refractivity contribution in [3.63, 3.8) is 0 Å². The average molecular weight is 286 g/mol. The molecule has 0 heterocycles. The zero-order chi connectivity index (χ0) is 15.4. The maximum Gasteiger partial charge on any atom is 0.255 e. The predicted molar refractivity (Wildman–Crippen MR) is 80.0 cm³/mol. The summed E-state index contributed by atoms with van der Waals surface area (Å²) in [6.45, 7) is 2.33. The van der Waals surface area contributed by atoms with Crippen LogP contribution in [-0.2, 0) is 6.54 Å². The van der Waals surface area contributed by atoms with E-state index in [1.54, 1.807) is 0 Å². The van der Waals surface area contributed by atoms with Gasteiger partial charge in [0.2, 0.25) is 0 Å². The summed E-state index contributed by atoms with van der Waals surface area (Å²) in [4.78, 5) is 12.1. The van der Waals surface area contributed by atoms with E-state index in [1.165, 1.54) is 12.1 Å². The minimum Gasteiger partial charge on any atom is -0.508 e. The highest BCUT2D eigenvalue weighted by atomic mass is 16.3. The summed E-state index contributed by atoms with van der Waals surface area (Å²) in [5, 5.41) is 21.7. The molecule has 110 valence electrons. The van der Waals surface area contributed by atoms with Crippen LogP contribution in [0, 0.1) is 0 Å². The minimum absolute atomic E-state index is 0.0885. The Balaban J connectivity index is 2.10. The second-order valence-corrected chi connectivity index (χ2v) is 4.84. The maximum absolute atomic E-state index is 12.1. The molecular weight excluding hydrogens is 268 g/mol. The van der Waals surface area contributed by atoms with Gasteiger partial charge in [0.15, 0.2) is 0 Å². The van der Waals surface area contributed by atoms with E-state index < -0.39 is 5.91 Å². The molecule has 0 bridgehead atoms. The zero-order valence-corrected chi connectivity index (χ0v) is 11.7. The van der Waals surface area contributed by atoms with Crippen LogP contribution in [0.1, 0.15) is 34.5 Å². The molecule has 2 rings (SSSR count). The Labute approximate surface area is 123 Å². The lowest BCUT2D eigenvalue weighted by Crippen LogP contribution is -2.26. The quantitative estimate of drug-likeness (QED) is 0.691. The van der Waals surface area contributed by atoms with Gasteiger partial charge in [-0.2, -0.15) is 0 Å². The van der Waals surface area contributed by atoms with Crippen LogP contribution in [-0.4, -0.2) is 16.1 Å². The van der Waals surface area contributed by atoms with Gasteiger partial charge in [0.1, 0.15) is 11.5 Å². The molecule has 5 heteroatoms. The van der Waals surface area contributed by atoms with Crippen molar-refractivity contribution in [3.8, 4) is 11.5 Å². The summed E-state index contributed by atoms with van der Waals surface area (Å²) < 4.78 is 0. The van der Waals surface area contributed by atoms with Gasteiger partial charge in [-0.25, -0.2) is 0 Å². The Hall–Kier alpha value is -2.53. The van der Waals surface area contributed by atoms with E-state index in [2.05, 4.69) is 5.32 Å². The summed E-state index contributed by atoms with van der Waals surface area (Å²) in [6.07, 6.45) is 0. The number of phenols is 2. The fourth-order valence-electron chi connectivity index (χ4n) is 2.01. The second kappa shape index (κ2) is 6.28. The average Bonchev–Trinajstić information content (AvgIpc) is 2.47. The van der Waals surface area contributed by atoms with Crippen LogP contribution < -0.4 is 11.1 Å². The van der Waals surface area contributed by atoms with Gasteiger partial charge in [-0.15, -0.1) is 0 Å². The first kappa shape index (κ1) is 14.9. The number of nitrogens with two attached hydrogens (primary N) is 1. The van der Waals surface area contributed by atoms with Gasteiger partial charge >= 0.3 is 0 Å². The summed E-state index contributed by atoms with van der Waals surface area (Å²) in [7, 11) is 0. The number of amides is 1. The van der Waals surface area contributed by atoms with Crippen molar-refractivity contribution >= 4 is 5.91 Å². The Morgan fingerprint density at radius 3 is 2.43 bits per heavy atom. The van der Waals surface area contributed by atoms with Crippen molar-refractivity contribution in [2.45, 2.75) is 19.5 Å². The topological polar surface area (TPSA) is 95.6 Å². The number of nitrogens with one attached hydrogen (secondary N) is 1. The smallest absolute Gasteiger partial charge is 0.255 e. The maximum atomic E-state index is 12.1. The lowest BCUT2D eigenvalue weighted by Gasteiger charge is -2.15. The monoisotopic (exact) mass is 286 g/mol. The first-order chi connectivity index (χ1) is 10.0. The fourth-order valence-corrected chi connectivity index (χ4v) is 2.01. The molecule has 0 radical (unpaired) electrons. The van der Waals surface area contributed by atoms with E-state index in [-0.39, 0.29) is 23.1 Å². The number of hydrogen-bond donors (Lipinski definition) is 4. The van der Waals surface area contributed by atoms with Gasteiger partial charge in [0.05, 0.1) is 11.6 Å². The molecule has 0 saturated carbocycles. The Morgan fingerprint density at radius 2 is 1.86 bits per heavy atom. The Bertz CT molecular complexity index is 638. The largest absolute Gasteiger partial charge is 0.508 e. The molecule has 1 unspecified atom stereocenters. The zero-order valence-electron chi connectivity index (χ0n) is 11.7. The third kappa shape index (κ3) is 3.52. The second-order valence-electron chi connectivity index (χ2n) is 4.84. The van der Waals surface area contributed by atoms with Gasteiger partial charge in [0, 0.05) is 12.6 Å². The van der Waals surface area contributed by atoms with E-state index >= 15 is 0 Å². The normalized spacial score (nSPS) is 11.9. The van der Waals surface area contributed by atoms with Crippen molar-refractivity contribution in [3.05, 3.63) is 59.2 Å². The van der Waals surface area contributed by atoms with E-state index in [1.807, 2.05) is 31.2 Å². The van der Waals surface area contributed by atoms with Crippen LogP contribution in [0.4, 0.5) is 0 Å². The molecule has 0 aliphatic heterocycles. The number of hydrogen-bond acceptors (Lipinski definition) is 4. The molecule has 1 amide bonds. The summed E-state index contributed by atoms with van der Waals surface area (Å²) in [5.74, 6) is -0.740. The third-order valence-electron chi connectivity index (χ3n) is 3.29. The molecule has 0 aliphatic rings. The first-order valence-corrected chi connectivity index (χ1v) is 6.63. The summed E-state index contributed by atoms with van der Waals surface area (Å²) in [5.41, 5.74) is 7.63. The molecule has 1 atom stereocenters. The van der Waals surface area contributed by atoms with Gasteiger partial charge in [0.25, 0.3) is 5.91 Å². The molecule has 0 aromatic heterocycles. The minimum atomic E-state index is -0.400. The van der Waals surface area contributed by atoms with Gasteiger partial charge in [-0.3, -0.25) is 4.79 Å². The van der Waals surface area contributed by atoms with Gasteiger partial charge in [-0.05, 0) is 30.2 Å². The molecule has 5 nitrogen and oxygen atoms in total. The third-order valence-corrected chi connectivity index (χ3v) is 3.29. The van der Waals surface area contributed by atoms with Gasteiger partial charge < -0.3 is 21.3 Å². The van der Waals surface area contributed by atoms with E-state index in [4.69, 9.17) is 5.73 Å². The van der Waals surface area contributed by atoms with Crippen LogP contribution in [0.3, 0.4) is 0 Å². The standard InChI is InChI=1S/C16H18N2O3/c1-10(12-4-2-11(9-17)3-5-12)18-16(21)14-7-6-13(19)8-15(14)20/h2-8,10,19-20H,9,17H2,1H3,(H,18,21). The van der Waals surface area contributed by atoms with Crippen LogP contribution in [0.5, 0.6) is 11.5 Å². The number of benzene rings is 2. The van der Waals surface area contributed by atoms with Crippen molar-refractivity contribution < 1.29 is 15.0 Å². The highest BCUT2D eigenvalue weighted by Crippen LogP contribution is 2.23. The molecule has 0 spiro atoms. The fraction of sp³-hybridized carbons (Fsp3) is 0.188. The number of aromatic hydroxyl groups is 2. The molecule has 0 fully saturated rings. The molecule has 2 aromatic rings. The molecule has 0 aliphatic carbocycles. The van der Waals surface area contributed by atoms with Crippen LogP contribution in [0.25, 0.3) is 0 Å². The van der Waals surface area contributed by atoms with Gasteiger partial charge in [-0.1, -0.05) is 24.3 Å². The molecule has 0 saturated heterocycles. The summed E-state index contributed by atoms with van der Waals surface area (Å²) >= 11 is 0. The van der Waals surface area contributed by atoms with Crippen LogP contribution in [0.2, 0.25) is 0 Å². The number of carbonyl (C=O) groups is 1. The van der Waals surface area contributed by atoms with Crippen molar-refractivity contribution in [2.24, 2.45) is 5.73 Å².